The minimum absolute atomic E-state index is 0.0648. The number of ether oxygens (including phenoxy) is 1. The van der Waals surface area contributed by atoms with Gasteiger partial charge in [0.05, 0.1) is 12.3 Å². The molecule has 148 valence electrons. The Balaban J connectivity index is 1.54. The number of phenolic OH excluding ortho intramolecular Hbond substituents is 1. The molecule has 0 spiro atoms. The van der Waals surface area contributed by atoms with Crippen molar-refractivity contribution in [2.75, 3.05) is 24.1 Å². The molecule has 0 atom stereocenters. The normalized spacial score (nSPS) is 15.4. The van der Waals surface area contributed by atoms with Gasteiger partial charge < -0.3 is 20.9 Å². The van der Waals surface area contributed by atoms with Gasteiger partial charge in [-0.25, -0.2) is 4.98 Å². The molecule has 8 nitrogen and oxygen atoms in total. The molecule has 0 bridgehead atoms. The van der Waals surface area contributed by atoms with E-state index in [1.807, 2.05) is 26.0 Å². The largest absolute Gasteiger partial charge is 0.508 e. The van der Waals surface area contributed by atoms with E-state index in [9.17, 15) is 5.11 Å². The van der Waals surface area contributed by atoms with Gasteiger partial charge in [-0.15, -0.1) is 0 Å². The molecule has 1 aliphatic heterocycles. The minimum atomic E-state index is 0.0648. The fourth-order valence-corrected chi connectivity index (χ4v) is 3.30. The van der Waals surface area contributed by atoms with Gasteiger partial charge in [0.1, 0.15) is 28.9 Å². The minimum Gasteiger partial charge on any atom is -0.508 e. The number of likely N-dealkylation sites (tertiary alicyclic amines) is 1. The van der Waals surface area contributed by atoms with Crippen LogP contribution in [0.1, 0.15) is 37.8 Å². The molecule has 2 heterocycles. The highest BCUT2D eigenvalue weighted by molar-refractivity contribution is 5.49. The number of hydrogen-bond acceptors (Lipinski definition) is 8. The molecule has 4 N–H and O–H groups in total. The van der Waals surface area contributed by atoms with Crippen molar-refractivity contribution >= 4 is 11.8 Å². The zero-order valence-corrected chi connectivity index (χ0v) is 16.2. The van der Waals surface area contributed by atoms with E-state index in [1.54, 1.807) is 12.1 Å². The number of piperidine rings is 1. The Bertz CT molecular complexity index is 856. The lowest BCUT2D eigenvalue weighted by molar-refractivity contribution is 0.209. The van der Waals surface area contributed by atoms with Crippen LogP contribution in [0.5, 0.6) is 11.5 Å². The Morgan fingerprint density at radius 2 is 2.11 bits per heavy atom. The second-order valence-corrected chi connectivity index (χ2v) is 7.30. The second kappa shape index (κ2) is 8.76. The van der Waals surface area contributed by atoms with Gasteiger partial charge in [0.25, 0.3) is 0 Å². The van der Waals surface area contributed by atoms with Gasteiger partial charge in [-0.3, -0.25) is 4.90 Å². The number of nitrogen functional groups attached to an aromatic ring is 1. The summed E-state index contributed by atoms with van der Waals surface area (Å²) in [6, 6.07) is 7.63. The lowest BCUT2D eigenvalue weighted by atomic mass is 10.0. The predicted octanol–water partition coefficient (Wildman–Crippen LogP) is 2.50. The smallest absolute Gasteiger partial charge is 0.224 e. The van der Waals surface area contributed by atoms with Gasteiger partial charge in [0.2, 0.25) is 5.95 Å². The molecule has 1 aromatic carbocycles. The molecule has 0 aliphatic carbocycles. The zero-order chi connectivity index (χ0) is 20.1. The van der Waals surface area contributed by atoms with E-state index in [-0.39, 0.29) is 29.3 Å². The lowest BCUT2D eigenvalue weighted by Gasteiger charge is -2.32. The number of nitrogens with zero attached hydrogens (tertiary/aromatic N) is 4. The molecule has 3 rings (SSSR count). The van der Waals surface area contributed by atoms with Gasteiger partial charge >= 0.3 is 0 Å². The van der Waals surface area contributed by atoms with Gasteiger partial charge in [-0.05, 0) is 44.4 Å². The van der Waals surface area contributed by atoms with E-state index in [0.29, 0.717) is 11.7 Å². The fraction of sp³-hybridized carbons (Fsp3) is 0.450. The lowest BCUT2D eigenvalue weighted by Crippen LogP contribution is -2.39. The SMILES string of the molecule is CC(C)Oc1cc(O)cc(CN2CCC(Nc3ncc(C#N)c(N)n3)CC2)c1. The fourth-order valence-electron chi connectivity index (χ4n) is 3.30. The summed E-state index contributed by atoms with van der Waals surface area (Å²) < 4.78 is 5.70. The maximum Gasteiger partial charge on any atom is 0.224 e. The highest BCUT2D eigenvalue weighted by Crippen LogP contribution is 2.25. The Kier molecular flexibility index (Phi) is 6.16. The van der Waals surface area contributed by atoms with Crippen molar-refractivity contribution in [1.82, 2.24) is 14.9 Å². The monoisotopic (exact) mass is 382 g/mol. The van der Waals surface area contributed by atoms with E-state index in [0.717, 1.165) is 38.0 Å². The van der Waals surface area contributed by atoms with Gasteiger partial charge in [0.15, 0.2) is 0 Å². The molecular formula is C20H26N6O2. The number of nitriles is 1. The quantitative estimate of drug-likeness (QED) is 0.697. The van der Waals surface area contributed by atoms with Crippen LogP contribution in [0.4, 0.5) is 11.8 Å². The van der Waals surface area contributed by atoms with E-state index >= 15 is 0 Å². The zero-order valence-electron chi connectivity index (χ0n) is 16.2. The number of phenols is 1. The predicted molar refractivity (Wildman–Crippen MR) is 107 cm³/mol. The highest BCUT2D eigenvalue weighted by atomic mass is 16.5. The molecule has 0 saturated carbocycles. The van der Waals surface area contributed by atoms with Crippen molar-refractivity contribution in [2.45, 2.75) is 45.4 Å². The maximum absolute atomic E-state index is 9.95. The molecule has 0 radical (unpaired) electrons. The van der Waals surface area contributed by atoms with Crippen molar-refractivity contribution in [1.29, 1.82) is 5.26 Å². The number of hydrogen-bond donors (Lipinski definition) is 3. The van der Waals surface area contributed by atoms with Crippen molar-refractivity contribution < 1.29 is 9.84 Å². The molecule has 2 aromatic rings. The van der Waals surface area contributed by atoms with Crippen LogP contribution in [-0.4, -0.2) is 45.2 Å². The highest BCUT2D eigenvalue weighted by Gasteiger charge is 2.20. The summed E-state index contributed by atoms with van der Waals surface area (Å²) in [5.41, 5.74) is 7.06. The molecule has 0 amide bonds. The maximum atomic E-state index is 9.95. The molecule has 0 unspecified atom stereocenters. The van der Waals surface area contributed by atoms with Crippen molar-refractivity contribution in [2.24, 2.45) is 0 Å². The van der Waals surface area contributed by atoms with Gasteiger partial charge in [0, 0.05) is 31.7 Å². The number of aromatic nitrogens is 2. The van der Waals surface area contributed by atoms with E-state index in [2.05, 4.69) is 20.2 Å². The van der Waals surface area contributed by atoms with Crippen molar-refractivity contribution in [3.8, 4) is 17.6 Å². The summed E-state index contributed by atoms with van der Waals surface area (Å²) in [6.45, 7) is 6.52. The number of anilines is 2. The first-order chi connectivity index (χ1) is 13.4. The summed E-state index contributed by atoms with van der Waals surface area (Å²) in [6.07, 6.45) is 3.39. The summed E-state index contributed by atoms with van der Waals surface area (Å²) in [4.78, 5) is 10.6. The number of nitrogens with two attached hydrogens (primary N) is 1. The topological polar surface area (TPSA) is 120 Å². The van der Waals surface area contributed by atoms with Crippen LogP contribution in [0.15, 0.2) is 24.4 Å². The first-order valence-corrected chi connectivity index (χ1v) is 9.44. The molecule has 1 saturated heterocycles. The van der Waals surface area contributed by atoms with Crippen LogP contribution in [0.2, 0.25) is 0 Å². The third-order valence-electron chi connectivity index (χ3n) is 4.59. The third kappa shape index (κ3) is 5.24. The summed E-state index contributed by atoms with van der Waals surface area (Å²) in [5, 5.41) is 22.1. The standard InChI is InChI=1S/C20H26N6O2/c1-13(2)28-18-8-14(7-17(27)9-18)12-26-5-3-16(4-6-26)24-20-23-11-15(10-21)19(22)25-20/h7-9,11,13,16,27H,3-6,12H2,1-2H3,(H3,22,23,24,25). The number of nitrogens with one attached hydrogen (secondary N) is 1. The average molecular weight is 382 g/mol. The van der Waals surface area contributed by atoms with Crippen LogP contribution in [-0.2, 0) is 6.54 Å². The Morgan fingerprint density at radius 1 is 1.36 bits per heavy atom. The van der Waals surface area contributed by atoms with Gasteiger partial charge in [-0.2, -0.15) is 10.2 Å². The molecule has 8 heteroatoms. The van der Waals surface area contributed by atoms with E-state index < -0.39 is 0 Å². The van der Waals surface area contributed by atoms with Crippen molar-refractivity contribution in [3.63, 3.8) is 0 Å². The van der Waals surface area contributed by atoms with Crippen molar-refractivity contribution in [3.05, 3.63) is 35.5 Å². The third-order valence-corrected chi connectivity index (χ3v) is 4.59. The molecule has 1 aromatic heterocycles. The average Bonchev–Trinajstić information content (AvgIpc) is 2.62. The van der Waals surface area contributed by atoms with Crippen LogP contribution in [0, 0.1) is 11.3 Å². The summed E-state index contributed by atoms with van der Waals surface area (Å²) in [7, 11) is 0. The first kappa shape index (κ1) is 19.7. The second-order valence-electron chi connectivity index (χ2n) is 7.30. The Morgan fingerprint density at radius 3 is 2.75 bits per heavy atom. The van der Waals surface area contributed by atoms with Crippen LogP contribution < -0.4 is 15.8 Å². The van der Waals surface area contributed by atoms with Crippen LogP contribution in [0.25, 0.3) is 0 Å². The number of aromatic hydroxyl groups is 1. The van der Waals surface area contributed by atoms with E-state index in [1.165, 1.54) is 6.20 Å². The van der Waals surface area contributed by atoms with Crippen LogP contribution in [0.3, 0.4) is 0 Å². The Labute approximate surface area is 165 Å². The number of rotatable bonds is 6. The van der Waals surface area contributed by atoms with Gasteiger partial charge in [-0.1, -0.05) is 0 Å². The summed E-state index contributed by atoms with van der Waals surface area (Å²) in [5.74, 6) is 1.57. The van der Waals surface area contributed by atoms with Crippen LogP contribution >= 0.6 is 0 Å². The first-order valence-electron chi connectivity index (χ1n) is 9.44. The molecule has 1 fully saturated rings. The van der Waals surface area contributed by atoms with E-state index in [4.69, 9.17) is 15.7 Å². The molecular weight excluding hydrogens is 356 g/mol. The molecule has 1 aliphatic rings. The molecule has 28 heavy (non-hydrogen) atoms. The Hall–Kier alpha value is -3.05. The number of benzene rings is 1. The summed E-state index contributed by atoms with van der Waals surface area (Å²) >= 11 is 0.